The topological polar surface area (TPSA) is 77.9 Å². The third kappa shape index (κ3) is 2.29. The van der Waals surface area contributed by atoms with Gasteiger partial charge in [-0.2, -0.15) is 0 Å². The fraction of sp³-hybridized carbons (Fsp3) is 0.308. The van der Waals surface area contributed by atoms with E-state index in [2.05, 4.69) is 0 Å². The van der Waals surface area contributed by atoms with E-state index in [1.165, 1.54) is 16.7 Å². The number of hydrogen-bond acceptors (Lipinski definition) is 3. The van der Waals surface area contributed by atoms with Gasteiger partial charge in [0.1, 0.15) is 0 Å². The first-order valence-corrected chi connectivity index (χ1v) is 5.80. The van der Waals surface area contributed by atoms with Crippen LogP contribution in [-0.4, -0.2) is 47.4 Å². The molecule has 0 saturated carbocycles. The quantitative estimate of drug-likeness (QED) is 0.831. The van der Waals surface area contributed by atoms with Gasteiger partial charge in [0.2, 0.25) is 0 Å². The van der Waals surface area contributed by atoms with Crippen LogP contribution in [0.25, 0.3) is 0 Å². The highest BCUT2D eigenvalue weighted by Crippen LogP contribution is 2.24. The second-order valence-electron chi connectivity index (χ2n) is 4.49. The van der Waals surface area contributed by atoms with E-state index < -0.39 is 12.0 Å². The Morgan fingerprint density at radius 1 is 1.26 bits per heavy atom. The highest BCUT2D eigenvalue weighted by Gasteiger charge is 2.40. The summed E-state index contributed by atoms with van der Waals surface area (Å²) < 4.78 is 0. The fourth-order valence-corrected chi connectivity index (χ4v) is 2.07. The number of anilines is 1. The Balaban J connectivity index is 2.35. The molecule has 1 aromatic carbocycles. The standard InChI is InChI=1S/C13H14N2O4/c1-8(16)9-3-5-10(6-4-9)15-11(12(17)18)7-14(2)13(15)19/h3-6,11H,7H2,1-2H3,(H,17,18). The summed E-state index contributed by atoms with van der Waals surface area (Å²) >= 11 is 0. The average Bonchev–Trinajstić information content (AvgIpc) is 2.66. The SMILES string of the molecule is CC(=O)c1ccc(N2C(=O)N(C)CC2C(=O)O)cc1. The van der Waals surface area contributed by atoms with Crippen molar-refractivity contribution in [2.24, 2.45) is 0 Å². The van der Waals surface area contributed by atoms with Crippen molar-refractivity contribution in [2.75, 3.05) is 18.5 Å². The monoisotopic (exact) mass is 262 g/mol. The maximum absolute atomic E-state index is 12.0. The summed E-state index contributed by atoms with van der Waals surface area (Å²) in [4.78, 5) is 36.9. The van der Waals surface area contributed by atoms with Gasteiger partial charge in [-0.3, -0.25) is 9.69 Å². The molecule has 100 valence electrons. The minimum absolute atomic E-state index is 0.0776. The Kier molecular flexibility index (Phi) is 3.25. The summed E-state index contributed by atoms with van der Waals surface area (Å²) in [5.74, 6) is -1.13. The minimum Gasteiger partial charge on any atom is -0.480 e. The van der Waals surface area contributed by atoms with E-state index in [-0.39, 0.29) is 18.4 Å². The summed E-state index contributed by atoms with van der Waals surface area (Å²) in [5, 5.41) is 9.15. The van der Waals surface area contributed by atoms with Crippen molar-refractivity contribution in [1.29, 1.82) is 0 Å². The number of Topliss-reactive ketones (excluding diaryl/α,β-unsaturated/α-hetero) is 1. The summed E-state index contributed by atoms with van der Waals surface area (Å²) in [7, 11) is 1.56. The van der Waals surface area contributed by atoms with Crippen LogP contribution in [0.2, 0.25) is 0 Å². The zero-order valence-corrected chi connectivity index (χ0v) is 10.7. The van der Waals surface area contributed by atoms with E-state index in [1.54, 1.807) is 31.3 Å². The number of carboxylic acids is 1. The van der Waals surface area contributed by atoms with Crippen molar-refractivity contribution in [2.45, 2.75) is 13.0 Å². The molecule has 1 heterocycles. The number of benzene rings is 1. The lowest BCUT2D eigenvalue weighted by molar-refractivity contribution is -0.138. The highest BCUT2D eigenvalue weighted by molar-refractivity contribution is 6.02. The molecule has 0 radical (unpaired) electrons. The van der Waals surface area contributed by atoms with E-state index >= 15 is 0 Å². The van der Waals surface area contributed by atoms with Gasteiger partial charge >= 0.3 is 12.0 Å². The molecule has 6 heteroatoms. The first-order chi connectivity index (χ1) is 8.91. The van der Waals surface area contributed by atoms with Crippen molar-refractivity contribution < 1.29 is 19.5 Å². The van der Waals surface area contributed by atoms with E-state index in [9.17, 15) is 14.4 Å². The Bertz CT molecular complexity index is 538. The van der Waals surface area contributed by atoms with Gasteiger partial charge in [-0.1, -0.05) is 0 Å². The number of carbonyl (C=O) groups is 3. The molecule has 1 N–H and O–H groups in total. The zero-order valence-electron chi connectivity index (χ0n) is 10.7. The van der Waals surface area contributed by atoms with Crippen LogP contribution < -0.4 is 4.90 Å². The predicted molar refractivity (Wildman–Crippen MR) is 68.4 cm³/mol. The predicted octanol–water partition coefficient (Wildman–Crippen LogP) is 1.21. The first kappa shape index (κ1) is 13.1. The molecule has 1 aliphatic heterocycles. The summed E-state index contributed by atoms with van der Waals surface area (Å²) in [5.41, 5.74) is 1.00. The lowest BCUT2D eigenvalue weighted by atomic mass is 10.1. The van der Waals surface area contributed by atoms with Gasteiger partial charge in [0.15, 0.2) is 11.8 Å². The smallest absolute Gasteiger partial charge is 0.328 e. The van der Waals surface area contributed by atoms with Crippen LogP contribution in [-0.2, 0) is 4.79 Å². The average molecular weight is 262 g/mol. The molecular weight excluding hydrogens is 248 g/mol. The molecule has 1 fully saturated rings. The molecule has 2 rings (SSSR count). The Hall–Kier alpha value is -2.37. The van der Waals surface area contributed by atoms with Crippen molar-refractivity contribution in [3.63, 3.8) is 0 Å². The van der Waals surface area contributed by atoms with Crippen LogP contribution >= 0.6 is 0 Å². The number of rotatable bonds is 3. The van der Waals surface area contributed by atoms with Crippen molar-refractivity contribution in [1.82, 2.24) is 4.90 Å². The van der Waals surface area contributed by atoms with Gasteiger partial charge < -0.3 is 10.0 Å². The van der Waals surface area contributed by atoms with Crippen LogP contribution in [0.3, 0.4) is 0 Å². The molecule has 19 heavy (non-hydrogen) atoms. The molecule has 0 aliphatic carbocycles. The molecule has 0 spiro atoms. The van der Waals surface area contributed by atoms with Crippen LogP contribution in [0.4, 0.5) is 10.5 Å². The lowest BCUT2D eigenvalue weighted by Gasteiger charge is -2.20. The van der Waals surface area contributed by atoms with Crippen LogP contribution in [0.1, 0.15) is 17.3 Å². The van der Waals surface area contributed by atoms with Crippen molar-refractivity contribution in [3.05, 3.63) is 29.8 Å². The molecule has 1 unspecified atom stereocenters. The van der Waals surface area contributed by atoms with Crippen LogP contribution in [0.5, 0.6) is 0 Å². The minimum atomic E-state index is -1.05. The molecule has 0 bridgehead atoms. The molecule has 1 saturated heterocycles. The van der Waals surface area contributed by atoms with Gasteiger partial charge in [0.25, 0.3) is 0 Å². The molecule has 2 amide bonds. The number of ketones is 1. The second-order valence-corrected chi connectivity index (χ2v) is 4.49. The van der Waals surface area contributed by atoms with E-state index in [4.69, 9.17) is 5.11 Å². The number of amides is 2. The number of urea groups is 1. The molecule has 1 aliphatic rings. The normalized spacial score (nSPS) is 18.8. The maximum Gasteiger partial charge on any atom is 0.328 e. The summed E-state index contributed by atoms with van der Waals surface area (Å²) in [6.07, 6.45) is 0. The number of aliphatic carboxylic acids is 1. The van der Waals surface area contributed by atoms with Gasteiger partial charge in [-0.05, 0) is 31.2 Å². The fourth-order valence-electron chi connectivity index (χ4n) is 2.07. The van der Waals surface area contributed by atoms with Gasteiger partial charge in [-0.25, -0.2) is 9.59 Å². The third-order valence-electron chi connectivity index (χ3n) is 3.13. The number of likely N-dealkylation sites (N-methyl/N-ethyl adjacent to an activating group) is 1. The Morgan fingerprint density at radius 3 is 2.32 bits per heavy atom. The summed E-state index contributed by atoms with van der Waals surface area (Å²) in [6, 6.07) is 5.08. The lowest BCUT2D eigenvalue weighted by Crippen LogP contribution is -2.39. The van der Waals surface area contributed by atoms with E-state index in [1.807, 2.05) is 0 Å². The second kappa shape index (κ2) is 4.72. The molecular formula is C13H14N2O4. The van der Waals surface area contributed by atoms with Crippen LogP contribution in [0.15, 0.2) is 24.3 Å². The molecule has 0 aromatic heterocycles. The Morgan fingerprint density at radius 2 is 1.84 bits per heavy atom. The number of nitrogens with zero attached hydrogens (tertiary/aromatic N) is 2. The van der Waals surface area contributed by atoms with E-state index in [0.29, 0.717) is 11.3 Å². The van der Waals surface area contributed by atoms with Crippen molar-refractivity contribution in [3.8, 4) is 0 Å². The first-order valence-electron chi connectivity index (χ1n) is 5.80. The Labute approximate surface area is 110 Å². The third-order valence-corrected chi connectivity index (χ3v) is 3.13. The number of carboxylic acid groups (broad SMARTS) is 1. The zero-order chi connectivity index (χ0) is 14.2. The molecule has 1 aromatic rings. The number of carbonyl (C=O) groups excluding carboxylic acids is 2. The molecule has 1 atom stereocenters. The van der Waals surface area contributed by atoms with Crippen molar-refractivity contribution >= 4 is 23.5 Å². The van der Waals surface area contributed by atoms with Gasteiger partial charge in [-0.15, -0.1) is 0 Å². The van der Waals surface area contributed by atoms with Gasteiger partial charge in [0.05, 0.1) is 6.54 Å². The maximum atomic E-state index is 12.0. The highest BCUT2D eigenvalue weighted by atomic mass is 16.4. The van der Waals surface area contributed by atoms with Crippen LogP contribution in [0, 0.1) is 0 Å². The molecule has 6 nitrogen and oxygen atoms in total. The van der Waals surface area contributed by atoms with Gasteiger partial charge in [0, 0.05) is 18.3 Å². The largest absolute Gasteiger partial charge is 0.480 e. The van der Waals surface area contributed by atoms with E-state index in [0.717, 1.165) is 0 Å². The summed E-state index contributed by atoms with van der Waals surface area (Å²) in [6.45, 7) is 1.59. The number of hydrogen-bond donors (Lipinski definition) is 1.